The molecule has 5 rings (SSSR count). The average molecular weight is 517 g/mol. The second kappa shape index (κ2) is 11.3. The Morgan fingerprint density at radius 3 is 2.59 bits per heavy atom. The summed E-state index contributed by atoms with van der Waals surface area (Å²) in [4.78, 5) is 25.0. The first kappa shape index (κ1) is 24.7. The number of aromatic nitrogens is 1. The lowest BCUT2D eigenvalue weighted by Crippen LogP contribution is -3.14. The van der Waals surface area contributed by atoms with Gasteiger partial charge in [0, 0.05) is 24.1 Å². The number of benzene rings is 2. The lowest BCUT2D eigenvalue weighted by Gasteiger charge is -2.33. The van der Waals surface area contributed by atoms with Gasteiger partial charge >= 0.3 is 6.09 Å². The molecule has 0 aliphatic carbocycles. The van der Waals surface area contributed by atoms with Crippen LogP contribution in [-0.2, 0) is 0 Å². The highest BCUT2D eigenvalue weighted by Gasteiger charge is 2.27. The molecule has 2 aromatic carbocycles. The van der Waals surface area contributed by atoms with Gasteiger partial charge in [-0.25, -0.2) is 9.78 Å². The number of carbonyl (C=O) groups excluding carboxylic acids is 1. The molecular formula is C25H26Cl2N4O2S. The van der Waals surface area contributed by atoms with E-state index >= 15 is 0 Å². The van der Waals surface area contributed by atoms with Crippen molar-refractivity contribution in [2.45, 2.75) is 16.2 Å². The summed E-state index contributed by atoms with van der Waals surface area (Å²) >= 11 is 7.92. The fraction of sp³-hybridized carbons (Fsp3) is 0.280. The molecule has 1 amide bonds. The summed E-state index contributed by atoms with van der Waals surface area (Å²) in [7, 11) is 0. The molecule has 2 aliphatic heterocycles. The Morgan fingerprint density at radius 1 is 1.06 bits per heavy atom. The molecule has 3 aromatic rings. The monoisotopic (exact) mass is 516 g/mol. The van der Waals surface area contributed by atoms with E-state index in [0.717, 1.165) is 43.3 Å². The third kappa shape index (κ3) is 5.61. The second-order valence-corrected chi connectivity index (χ2v) is 9.74. The number of pyridine rings is 1. The number of piperazine rings is 1. The lowest BCUT2D eigenvalue weighted by atomic mass is 10.2. The van der Waals surface area contributed by atoms with Crippen LogP contribution in [0.5, 0.6) is 5.75 Å². The highest BCUT2D eigenvalue weighted by molar-refractivity contribution is 7.99. The zero-order chi connectivity index (χ0) is 22.6. The van der Waals surface area contributed by atoms with E-state index in [1.165, 1.54) is 15.5 Å². The standard InChI is InChI=1S/C25H25ClN4O2S.ClH/c26-19-17-23-24(27-18-19)30(21-9-4-5-10-22(21)33-23)12-6-11-28-13-15-29(16-14-28)25(31)32-20-7-2-1-3-8-20;/h1-5,7-10,17-18H,6,11-16H2;1H. The van der Waals surface area contributed by atoms with Crippen molar-refractivity contribution in [2.75, 3.05) is 44.2 Å². The molecule has 2 aliphatic rings. The van der Waals surface area contributed by atoms with E-state index in [1.807, 2.05) is 24.3 Å². The van der Waals surface area contributed by atoms with E-state index < -0.39 is 0 Å². The average Bonchev–Trinajstić information content (AvgIpc) is 2.84. The van der Waals surface area contributed by atoms with Gasteiger partial charge in [0.1, 0.15) is 11.6 Å². The summed E-state index contributed by atoms with van der Waals surface area (Å²) in [5, 5.41) is 0.661. The Bertz CT molecular complexity index is 1130. The predicted octanol–water partition coefficient (Wildman–Crippen LogP) is 1.13. The topological polar surface area (TPSA) is 50.1 Å². The molecule has 0 spiro atoms. The van der Waals surface area contributed by atoms with Crippen molar-refractivity contribution in [3.63, 3.8) is 0 Å². The minimum absolute atomic E-state index is 0. The molecule has 34 heavy (non-hydrogen) atoms. The molecule has 1 aromatic heterocycles. The number of ether oxygens (including phenoxy) is 1. The van der Waals surface area contributed by atoms with Crippen molar-refractivity contribution in [1.29, 1.82) is 0 Å². The molecule has 3 heterocycles. The van der Waals surface area contributed by atoms with Gasteiger partial charge in [0.2, 0.25) is 0 Å². The molecule has 0 bridgehead atoms. The van der Waals surface area contributed by atoms with Crippen LogP contribution in [-0.4, -0.2) is 55.2 Å². The largest absolute Gasteiger partial charge is 1.00 e. The van der Waals surface area contributed by atoms with Crippen LogP contribution in [0, 0.1) is 0 Å². The fourth-order valence-electron chi connectivity index (χ4n) is 4.31. The normalized spacial score (nSPS) is 15.2. The molecule has 0 saturated carbocycles. The number of halogens is 2. The van der Waals surface area contributed by atoms with Gasteiger partial charge in [-0.1, -0.05) is 53.7 Å². The van der Waals surface area contributed by atoms with E-state index in [4.69, 9.17) is 16.3 Å². The SMILES string of the molecule is O=C(Oc1ccccc1)N1CC[NH+](CCCN2c3ccccc3Sc3cc(Cl)cnc32)CC1.[Cl-]. The summed E-state index contributed by atoms with van der Waals surface area (Å²) in [5.41, 5.74) is 1.20. The third-order valence-corrected chi connectivity index (χ3v) is 7.31. The number of hydrogen-bond donors (Lipinski definition) is 1. The van der Waals surface area contributed by atoms with E-state index in [1.54, 1.807) is 35.0 Å². The first-order valence-electron chi connectivity index (χ1n) is 11.2. The smallest absolute Gasteiger partial charge is 0.415 e. The molecule has 0 radical (unpaired) electrons. The zero-order valence-corrected chi connectivity index (χ0v) is 21.0. The van der Waals surface area contributed by atoms with Crippen molar-refractivity contribution < 1.29 is 26.8 Å². The number of nitrogens with zero attached hydrogens (tertiary/aromatic N) is 3. The lowest BCUT2D eigenvalue weighted by molar-refractivity contribution is -0.904. The number of anilines is 2. The summed E-state index contributed by atoms with van der Waals surface area (Å²) in [6, 6.07) is 19.7. The molecule has 1 N–H and O–H groups in total. The van der Waals surface area contributed by atoms with Gasteiger partial charge in [-0.2, -0.15) is 0 Å². The molecule has 0 atom stereocenters. The van der Waals surface area contributed by atoms with E-state index in [0.29, 0.717) is 23.9 Å². The van der Waals surface area contributed by atoms with Gasteiger partial charge < -0.3 is 26.9 Å². The van der Waals surface area contributed by atoms with Gasteiger partial charge in [-0.05, 0) is 30.3 Å². The molecule has 6 nitrogen and oxygen atoms in total. The number of rotatable bonds is 5. The molecule has 9 heteroatoms. The van der Waals surface area contributed by atoms with Crippen LogP contribution in [0.3, 0.4) is 0 Å². The maximum absolute atomic E-state index is 12.4. The first-order chi connectivity index (χ1) is 16.2. The summed E-state index contributed by atoms with van der Waals surface area (Å²) < 4.78 is 5.48. The number of carbonyl (C=O) groups is 1. The Morgan fingerprint density at radius 2 is 1.79 bits per heavy atom. The van der Waals surface area contributed by atoms with E-state index in [2.05, 4.69) is 34.1 Å². The van der Waals surface area contributed by atoms with Crippen molar-refractivity contribution in [2.24, 2.45) is 0 Å². The van der Waals surface area contributed by atoms with Crippen LogP contribution < -0.4 is 26.9 Å². The van der Waals surface area contributed by atoms with Crippen LogP contribution in [0.2, 0.25) is 5.02 Å². The first-order valence-corrected chi connectivity index (χ1v) is 12.4. The minimum Gasteiger partial charge on any atom is -1.00 e. The summed E-state index contributed by atoms with van der Waals surface area (Å²) in [6.07, 6.45) is 2.50. The van der Waals surface area contributed by atoms with Gasteiger partial charge in [-0.15, -0.1) is 0 Å². The van der Waals surface area contributed by atoms with Crippen LogP contribution in [0.4, 0.5) is 16.3 Å². The number of quaternary nitrogens is 1. The quantitative estimate of drug-likeness (QED) is 0.550. The number of amides is 1. The summed E-state index contributed by atoms with van der Waals surface area (Å²) in [5.74, 6) is 1.57. The van der Waals surface area contributed by atoms with Crippen molar-refractivity contribution >= 4 is 41.0 Å². The van der Waals surface area contributed by atoms with Crippen molar-refractivity contribution in [3.05, 3.63) is 71.9 Å². The van der Waals surface area contributed by atoms with Gasteiger partial charge in [0.05, 0.1) is 48.3 Å². The number of nitrogens with one attached hydrogen (secondary N) is 1. The zero-order valence-electron chi connectivity index (χ0n) is 18.6. The molecule has 1 fully saturated rings. The van der Waals surface area contributed by atoms with Crippen LogP contribution >= 0.6 is 23.4 Å². The molecule has 0 unspecified atom stereocenters. The van der Waals surface area contributed by atoms with E-state index in [-0.39, 0.29) is 18.5 Å². The number of fused-ring (bicyclic) bond motifs is 2. The molecule has 1 saturated heterocycles. The van der Waals surface area contributed by atoms with Crippen LogP contribution in [0.15, 0.2) is 76.7 Å². The number of para-hydroxylation sites is 2. The maximum Gasteiger partial charge on any atom is 0.415 e. The van der Waals surface area contributed by atoms with Crippen molar-refractivity contribution in [3.8, 4) is 5.75 Å². The fourth-order valence-corrected chi connectivity index (χ4v) is 5.64. The third-order valence-electron chi connectivity index (χ3n) is 6.02. The second-order valence-electron chi connectivity index (χ2n) is 8.22. The van der Waals surface area contributed by atoms with E-state index in [9.17, 15) is 4.79 Å². The summed E-state index contributed by atoms with van der Waals surface area (Å²) in [6.45, 7) is 5.24. The predicted molar refractivity (Wildman–Crippen MR) is 131 cm³/mol. The Kier molecular flexibility index (Phi) is 8.21. The molecular weight excluding hydrogens is 491 g/mol. The van der Waals surface area contributed by atoms with Gasteiger partial charge in [0.15, 0.2) is 0 Å². The minimum atomic E-state index is -0.260. The van der Waals surface area contributed by atoms with Crippen LogP contribution in [0.25, 0.3) is 0 Å². The molecule has 178 valence electrons. The Hall–Kier alpha value is -2.45. The van der Waals surface area contributed by atoms with Gasteiger partial charge in [-0.3, -0.25) is 4.90 Å². The highest BCUT2D eigenvalue weighted by atomic mass is 35.5. The Labute approximate surface area is 215 Å². The van der Waals surface area contributed by atoms with Crippen molar-refractivity contribution in [1.82, 2.24) is 9.88 Å². The maximum atomic E-state index is 12.4. The van der Waals surface area contributed by atoms with Crippen LogP contribution in [0.1, 0.15) is 6.42 Å². The van der Waals surface area contributed by atoms with Gasteiger partial charge in [0.25, 0.3) is 0 Å². The highest BCUT2D eigenvalue weighted by Crippen LogP contribution is 2.47. The Balaban J connectivity index is 0.00000274. The number of hydrogen-bond acceptors (Lipinski definition) is 5.